The van der Waals surface area contributed by atoms with E-state index in [1.807, 2.05) is 44.2 Å². The van der Waals surface area contributed by atoms with Gasteiger partial charge in [-0.25, -0.2) is 4.98 Å². The van der Waals surface area contributed by atoms with Gasteiger partial charge in [0.1, 0.15) is 11.0 Å². The summed E-state index contributed by atoms with van der Waals surface area (Å²) in [7, 11) is 0. The van der Waals surface area contributed by atoms with Crippen molar-refractivity contribution in [3.05, 3.63) is 51.3 Å². The van der Waals surface area contributed by atoms with Gasteiger partial charge in [0, 0.05) is 29.2 Å². The van der Waals surface area contributed by atoms with Gasteiger partial charge in [0.25, 0.3) is 5.91 Å². The molecule has 1 aromatic carbocycles. The molecule has 2 aromatic heterocycles. The normalized spacial score (nSPS) is 12.3. The molecular formula is C20H26IN5O2S2. The predicted molar refractivity (Wildman–Crippen MR) is 135 cm³/mol. The average Bonchev–Trinajstić information content (AvgIpc) is 3.34. The smallest absolute Gasteiger partial charge is 0.263 e. The van der Waals surface area contributed by atoms with Crippen molar-refractivity contribution in [1.82, 2.24) is 20.9 Å². The molecule has 7 nitrogen and oxygen atoms in total. The van der Waals surface area contributed by atoms with E-state index in [0.29, 0.717) is 30.5 Å². The Hall–Kier alpha value is -1.76. The molecule has 1 unspecified atom stereocenters. The Labute approximate surface area is 201 Å². The monoisotopic (exact) mass is 559 g/mol. The maximum Gasteiger partial charge on any atom is 0.263 e. The fourth-order valence-electron chi connectivity index (χ4n) is 2.73. The molecule has 3 rings (SSSR count). The number of halogens is 1. The zero-order valence-electron chi connectivity index (χ0n) is 16.8. The highest BCUT2D eigenvalue weighted by Crippen LogP contribution is 2.29. The number of guanidine groups is 1. The Morgan fingerprint density at radius 1 is 1.23 bits per heavy atom. The summed E-state index contributed by atoms with van der Waals surface area (Å²) < 4.78 is 1.16. The number of nitrogens with zero attached hydrogens (tertiary/aromatic N) is 2. The minimum Gasteiger partial charge on any atom is -0.386 e. The largest absolute Gasteiger partial charge is 0.386 e. The number of thiazole rings is 1. The molecule has 10 heteroatoms. The van der Waals surface area contributed by atoms with Gasteiger partial charge in [0.2, 0.25) is 0 Å². The van der Waals surface area contributed by atoms with Crippen molar-refractivity contribution < 1.29 is 9.90 Å². The topological polar surface area (TPSA) is 98.6 Å². The summed E-state index contributed by atoms with van der Waals surface area (Å²) in [5.41, 5.74) is 2.41. The Balaban J connectivity index is 0.00000320. The maximum absolute atomic E-state index is 12.1. The molecule has 0 aliphatic carbocycles. The fraction of sp³-hybridized carbons (Fsp3) is 0.350. The second-order valence-corrected chi connectivity index (χ2v) is 8.34. The number of carbonyl (C=O) groups excluding carboxylic acids is 1. The first-order valence-corrected chi connectivity index (χ1v) is 11.1. The van der Waals surface area contributed by atoms with Crippen LogP contribution in [0.5, 0.6) is 0 Å². The summed E-state index contributed by atoms with van der Waals surface area (Å²) in [4.78, 5) is 22.2. The van der Waals surface area contributed by atoms with E-state index in [0.717, 1.165) is 20.7 Å². The number of rotatable bonds is 8. The van der Waals surface area contributed by atoms with E-state index in [9.17, 15) is 9.90 Å². The fourth-order valence-corrected chi connectivity index (χ4v) is 4.49. The zero-order chi connectivity index (χ0) is 20.6. The number of nitrogens with one attached hydrogen (secondary N) is 3. The third kappa shape index (κ3) is 6.62. The Bertz CT molecular complexity index is 955. The van der Waals surface area contributed by atoms with E-state index < -0.39 is 6.10 Å². The van der Waals surface area contributed by atoms with E-state index in [1.54, 1.807) is 16.8 Å². The van der Waals surface area contributed by atoms with Crippen molar-refractivity contribution in [3.63, 3.8) is 0 Å². The number of hydrogen-bond acceptors (Lipinski definition) is 6. The van der Waals surface area contributed by atoms with Gasteiger partial charge in [0.05, 0.1) is 17.7 Å². The number of aliphatic hydroxyl groups is 1. The quantitative estimate of drug-likeness (QED) is 0.147. The van der Waals surface area contributed by atoms with E-state index >= 15 is 0 Å². The molecule has 0 fully saturated rings. The zero-order valence-corrected chi connectivity index (χ0v) is 20.8. The number of carbonyl (C=O) groups is 1. The summed E-state index contributed by atoms with van der Waals surface area (Å²) >= 11 is 2.92. The molecule has 0 saturated carbocycles. The molecule has 1 amide bonds. The van der Waals surface area contributed by atoms with Gasteiger partial charge in [-0.2, -0.15) is 0 Å². The van der Waals surface area contributed by atoms with Crippen LogP contribution >= 0.6 is 46.7 Å². The number of benzene rings is 1. The van der Waals surface area contributed by atoms with Crippen molar-refractivity contribution in [2.45, 2.75) is 20.0 Å². The molecular weight excluding hydrogens is 533 g/mol. The summed E-state index contributed by atoms with van der Waals surface area (Å²) in [5, 5.41) is 20.8. The standard InChI is InChI=1S/C20H25N5O2S2.HI/c1-3-21-20(23-9-8-22-19(27)18-13(2)25-12-28-18)24-11-15(26)17-10-14-6-4-5-7-16(14)29-17;/h4-7,10,12,15,26H,3,8-9,11H2,1-2H3,(H,22,27)(H2,21,23,24);1H. The van der Waals surface area contributed by atoms with E-state index in [-0.39, 0.29) is 36.4 Å². The van der Waals surface area contributed by atoms with Gasteiger partial charge >= 0.3 is 0 Å². The molecule has 3 aromatic rings. The lowest BCUT2D eigenvalue weighted by molar-refractivity contribution is 0.0957. The van der Waals surface area contributed by atoms with Gasteiger partial charge in [-0.15, -0.1) is 46.7 Å². The van der Waals surface area contributed by atoms with E-state index in [1.165, 1.54) is 11.3 Å². The van der Waals surface area contributed by atoms with Crippen LogP contribution in [0, 0.1) is 6.92 Å². The third-order valence-corrected chi connectivity index (χ3v) is 6.34. The molecule has 4 N–H and O–H groups in total. The molecule has 0 aliphatic rings. The van der Waals surface area contributed by atoms with E-state index in [2.05, 4.69) is 25.9 Å². The highest BCUT2D eigenvalue weighted by atomic mass is 127. The van der Waals surface area contributed by atoms with Crippen molar-refractivity contribution >= 4 is 68.6 Å². The number of fused-ring (bicyclic) bond motifs is 1. The first kappa shape index (κ1) is 24.5. The van der Waals surface area contributed by atoms with Crippen molar-refractivity contribution in [2.75, 3.05) is 26.2 Å². The van der Waals surface area contributed by atoms with Crippen LogP contribution in [0.2, 0.25) is 0 Å². The lowest BCUT2D eigenvalue weighted by Crippen LogP contribution is -2.41. The molecule has 0 spiro atoms. The van der Waals surface area contributed by atoms with Crippen LogP contribution < -0.4 is 16.0 Å². The second kappa shape index (κ2) is 12.2. The molecule has 162 valence electrons. The van der Waals surface area contributed by atoms with Crippen LogP contribution in [-0.2, 0) is 0 Å². The Kier molecular flexibility index (Phi) is 9.95. The summed E-state index contributed by atoms with van der Waals surface area (Å²) in [6, 6.07) is 10.1. The molecule has 0 aliphatic heterocycles. The molecule has 0 saturated heterocycles. The number of thiophene rings is 1. The van der Waals surface area contributed by atoms with Crippen LogP contribution in [0.3, 0.4) is 0 Å². The molecule has 1 atom stereocenters. The molecule has 30 heavy (non-hydrogen) atoms. The lowest BCUT2D eigenvalue weighted by atomic mass is 10.2. The third-order valence-electron chi connectivity index (χ3n) is 4.19. The summed E-state index contributed by atoms with van der Waals surface area (Å²) in [6.45, 7) is 5.75. The van der Waals surface area contributed by atoms with Crippen LogP contribution in [0.25, 0.3) is 10.1 Å². The van der Waals surface area contributed by atoms with E-state index in [4.69, 9.17) is 0 Å². The first-order chi connectivity index (χ1) is 14.1. The van der Waals surface area contributed by atoms with Crippen LogP contribution in [0.15, 0.2) is 40.8 Å². The predicted octanol–water partition coefficient (Wildman–Crippen LogP) is 3.30. The SMILES string of the molecule is CCNC(=NCC(O)c1cc2ccccc2s1)NCCNC(=O)c1scnc1C.I. The summed E-state index contributed by atoms with van der Waals surface area (Å²) in [5.74, 6) is 0.491. The maximum atomic E-state index is 12.1. The first-order valence-electron chi connectivity index (χ1n) is 9.45. The molecule has 0 radical (unpaired) electrons. The van der Waals surface area contributed by atoms with Gasteiger partial charge in [0.15, 0.2) is 5.96 Å². The van der Waals surface area contributed by atoms with Crippen LogP contribution in [-0.4, -0.2) is 48.1 Å². The van der Waals surface area contributed by atoms with Crippen molar-refractivity contribution in [2.24, 2.45) is 4.99 Å². The number of aromatic nitrogens is 1. The highest BCUT2D eigenvalue weighted by molar-refractivity contribution is 14.0. The highest BCUT2D eigenvalue weighted by Gasteiger charge is 2.12. The van der Waals surface area contributed by atoms with Crippen molar-refractivity contribution in [3.8, 4) is 0 Å². The van der Waals surface area contributed by atoms with Gasteiger partial charge in [-0.3, -0.25) is 9.79 Å². The van der Waals surface area contributed by atoms with Crippen molar-refractivity contribution in [1.29, 1.82) is 0 Å². The number of aliphatic hydroxyl groups excluding tert-OH is 1. The molecule has 0 bridgehead atoms. The number of amides is 1. The Morgan fingerprint density at radius 3 is 2.70 bits per heavy atom. The molecule has 2 heterocycles. The van der Waals surface area contributed by atoms with Gasteiger partial charge in [-0.1, -0.05) is 18.2 Å². The number of hydrogen-bond donors (Lipinski definition) is 4. The number of aryl methyl sites for hydroxylation is 1. The minimum absolute atomic E-state index is 0. The lowest BCUT2D eigenvalue weighted by Gasteiger charge is -2.13. The number of aliphatic imine (C=N–C) groups is 1. The van der Waals surface area contributed by atoms with Gasteiger partial charge in [-0.05, 0) is 31.4 Å². The van der Waals surface area contributed by atoms with Crippen LogP contribution in [0.1, 0.15) is 33.3 Å². The van der Waals surface area contributed by atoms with Crippen LogP contribution in [0.4, 0.5) is 0 Å². The summed E-state index contributed by atoms with van der Waals surface area (Å²) in [6.07, 6.45) is -0.656. The minimum atomic E-state index is -0.656. The Morgan fingerprint density at radius 2 is 2.00 bits per heavy atom. The average molecular weight is 559 g/mol. The van der Waals surface area contributed by atoms with Gasteiger partial charge < -0.3 is 21.1 Å². The second-order valence-electron chi connectivity index (χ2n) is 6.37.